The van der Waals surface area contributed by atoms with Crippen LogP contribution in [0.2, 0.25) is 0 Å². The van der Waals surface area contributed by atoms with Crippen LogP contribution >= 0.6 is 0 Å². The summed E-state index contributed by atoms with van der Waals surface area (Å²) in [6.07, 6.45) is 3.35. The van der Waals surface area contributed by atoms with Gasteiger partial charge in [-0.05, 0) is 48.2 Å². The van der Waals surface area contributed by atoms with Gasteiger partial charge in [0, 0.05) is 16.6 Å². The number of carbonyl (C=O) groups is 1. The highest BCUT2D eigenvalue weighted by Gasteiger charge is 2.12. The predicted molar refractivity (Wildman–Crippen MR) is 103 cm³/mol. The van der Waals surface area contributed by atoms with Crippen molar-refractivity contribution in [3.8, 4) is 5.75 Å². The third-order valence-corrected chi connectivity index (χ3v) is 4.24. The van der Waals surface area contributed by atoms with Crippen LogP contribution < -0.4 is 10.1 Å². The minimum Gasteiger partial charge on any atom is -0.494 e. The van der Waals surface area contributed by atoms with Crippen LogP contribution in [0.3, 0.4) is 0 Å². The molecule has 0 bridgehead atoms. The molecule has 0 fully saturated rings. The van der Waals surface area contributed by atoms with Crippen molar-refractivity contribution >= 4 is 22.4 Å². The second-order valence-corrected chi connectivity index (χ2v) is 6.17. The molecule has 0 atom stereocenters. The van der Waals surface area contributed by atoms with E-state index in [0.717, 1.165) is 25.0 Å². The molecule has 134 valence electrons. The summed E-state index contributed by atoms with van der Waals surface area (Å²) in [7, 11) is 0. The van der Waals surface area contributed by atoms with Crippen molar-refractivity contribution < 1.29 is 13.9 Å². The van der Waals surface area contributed by atoms with Crippen molar-refractivity contribution in [2.45, 2.75) is 26.2 Å². The third-order valence-electron chi connectivity index (χ3n) is 4.24. The van der Waals surface area contributed by atoms with Crippen molar-refractivity contribution in [2.75, 3.05) is 11.9 Å². The van der Waals surface area contributed by atoms with Gasteiger partial charge in [0.15, 0.2) is 0 Å². The van der Waals surface area contributed by atoms with Gasteiger partial charge in [-0.2, -0.15) is 0 Å². The second-order valence-electron chi connectivity index (χ2n) is 6.17. The molecule has 0 heterocycles. The molecular formula is C22H22FNO2. The number of halogens is 1. The molecule has 0 aliphatic carbocycles. The highest BCUT2D eigenvalue weighted by Crippen LogP contribution is 2.23. The molecule has 0 aliphatic heterocycles. The summed E-state index contributed by atoms with van der Waals surface area (Å²) in [5.41, 5.74) is 1.12. The molecule has 0 spiro atoms. The number of carbonyl (C=O) groups excluding carboxylic acids is 1. The molecule has 0 radical (unpaired) electrons. The predicted octanol–water partition coefficient (Wildman–Crippen LogP) is 5.80. The molecule has 3 rings (SSSR count). The summed E-state index contributed by atoms with van der Waals surface area (Å²) >= 11 is 0. The van der Waals surface area contributed by atoms with Gasteiger partial charge in [-0.25, -0.2) is 4.39 Å². The summed E-state index contributed by atoms with van der Waals surface area (Å²) in [5.74, 6) is 0.186. The number of benzene rings is 3. The molecule has 26 heavy (non-hydrogen) atoms. The Balaban J connectivity index is 1.70. The lowest BCUT2D eigenvalue weighted by Gasteiger charge is -2.10. The van der Waals surface area contributed by atoms with Gasteiger partial charge >= 0.3 is 0 Å². The van der Waals surface area contributed by atoms with Crippen LogP contribution in [0.15, 0.2) is 60.7 Å². The first-order valence-electron chi connectivity index (χ1n) is 8.90. The number of nitrogens with one attached hydrogen (secondary N) is 1. The van der Waals surface area contributed by atoms with Crippen LogP contribution in [0, 0.1) is 5.82 Å². The topological polar surface area (TPSA) is 38.3 Å². The van der Waals surface area contributed by atoms with Gasteiger partial charge in [0.05, 0.1) is 6.61 Å². The monoisotopic (exact) mass is 351 g/mol. The van der Waals surface area contributed by atoms with E-state index in [-0.39, 0.29) is 11.7 Å². The fourth-order valence-corrected chi connectivity index (χ4v) is 2.84. The zero-order valence-corrected chi connectivity index (χ0v) is 14.8. The second kappa shape index (κ2) is 8.48. The maximum Gasteiger partial charge on any atom is 0.256 e. The summed E-state index contributed by atoms with van der Waals surface area (Å²) in [4.78, 5) is 12.6. The molecule has 3 nitrogen and oxygen atoms in total. The van der Waals surface area contributed by atoms with Crippen LogP contribution in [-0.2, 0) is 0 Å². The highest BCUT2D eigenvalue weighted by atomic mass is 19.1. The van der Waals surface area contributed by atoms with Crippen LogP contribution in [0.5, 0.6) is 5.75 Å². The average molecular weight is 351 g/mol. The number of hydrogen-bond donors (Lipinski definition) is 1. The fourth-order valence-electron chi connectivity index (χ4n) is 2.84. The zero-order chi connectivity index (χ0) is 18.4. The number of fused-ring (bicyclic) bond motifs is 1. The molecule has 0 aromatic heterocycles. The average Bonchev–Trinajstić information content (AvgIpc) is 2.67. The minimum absolute atomic E-state index is 0.266. The Morgan fingerprint density at radius 2 is 1.69 bits per heavy atom. The lowest BCUT2D eigenvalue weighted by Crippen LogP contribution is -2.12. The Morgan fingerprint density at radius 3 is 2.42 bits per heavy atom. The van der Waals surface area contributed by atoms with Crippen LogP contribution in [-0.4, -0.2) is 12.5 Å². The molecule has 3 aromatic rings. The van der Waals surface area contributed by atoms with E-state index in [2.05, 4.69) is 12.2 Å². The standard InChI is InChI=1S/C22H22FNO2/c1-2-3-6-15-26-17-11-9-16(10-12-17)24-22(25)20-13-14-21(23)19-8-5-4-7-18(19)20/h4-5,7-14H,2-3,6,15H2,1H3,(H,24,25). The normalized spacial score (nSPS) is 10.7. The van der Waals surface area contributed by atoms with E-state index in [0.29, 0.717) is 28.6 Å². The first-order chi connectivity index (χ1) is 12.7. The fraction of sp³-hybridized carbons (Fsp3) is 0.227. The summed E-state index contributed by atoms with van der Waals surface area (Å²) in [6.45, 7) is 2.85. The first-order valence-corrected chi connectivity index (χ1v) is 8.90. The number of hydrogen-bond acceptors (Lipinski definition) is 2. The van der Waals surface area contributed by atoms with Crippen LogP contribution in [0.4, 0.5) is 10.1 Å². The Morgan fingerprint density at radius 1 is 0.962 bits per heavy atom. The van der Waals surface area contributed by atoms with Crippen molar-refractivity contribution in [1.82, 2.24) is 0 Å². The summed E-state index contributed by atoms with van der Waals surface area (Å²) in [6, 6.07) is 17.1. The van der Waals surface area contributed by atoms with Gasteiger partial charge in [0.2, 0.25) is 0 Å². The van der Waals surface area contributed by atoms with Gasteiger partial charge in [-0.1, -0.05) is 44.0 Å². The van der Waals surface area contributed by atoms with Crippen LogP contribution in [0.1, 0.15) is 36.5 Å². The van der Waals surface area contributed by atoms with E-state index in [4.69, 9.17) is 4.74 Å². The van der Waals surface area contributed by atoms with Crippen molar-refractivity contribution in [3.63, 3.8) is 0 Å². The lowest BCUT2D eigenvalue weighted by molar-refractivity contribution is 0.102. The van der Waals surface area contributed by atoms with E-state index in [9.17, 15) is 9.18 Å². The number of amides is 1. The van der Waals surface area contributed by atoms with Crippen molar-refractivity contribution in [2.24, 2.45) is 0 Å². The van der Waals surface area contributed by atoms with Crippen molar-refractivity contribution in [1.29, 1.82) is 0 Å². The molecule has 3 aromatic carbocycles. The number of unbranched alkanes of at least 4 members (excludes halogenated alkanes) is 2. The molecule has 1 N–H and O–H groups in total. The van der Waals surface area contributed by atoms with Crippen LogP contribution in [0.25, 0.3) is 10.8 Å². The number of anilines is 1. The van der Waals surface area contributed by atoms with Gasteiger partial charge < -0.3 is 10.1 Å². The number of ether oxygens (including phenoxy) is 1. The lowest BCUT2D eigenvalue weighted by atomic mass is 10.0. The molecule has 0 saturated carbocycles. The third kappa shape index (κ3) is 4.20. The highest BCUT2D eigenvalue weighted by molar-refractivity contribution is 6.13. The van der Waals surface area contributed by atoms with Crippen molar-refractivity contribution in [3.05, 3.63) is 72.0 Å². The molecule has 4 heteroatoms. The zero-order valence-electron chi connectivity index (χ0n) is 14.8. The number of rotatable bonds is 7. The van der Waals surface area contributed by atoms with Gasteiger partial charge in [-0.15, -0.1) is 0 Å². The maximum absolute atomic E-state index is 13.9. The molecule has 0 unspecified atom stereocenters. The summed E-state index contributed by atoms with van der Waals surface area (Å²) in [5, 5.41) is 3.90. The van der Waals surface area contributed by atoms with Gasteiger partial charge in [-0.3, -0.25) is 4.79 Å². The molecule has 0 aliphatic rings. The van der Waals surface area contributed by atoms with E-state index in [1.165, 1.54) is 12.1 Å². The first kappa shape index (κ1) is 17.9. The van der Waals surface area contributed by atoms with Gasteiger partial charge in [0.1, 0.15) is 11.6 Å². The molecule has 0 saturated heterocycles. The minimum atomic E-state index is -0.332. The Bertz CT molecular complexity index is 890. The Kier molecular flexibility index (Phi) is 5.84. The van der Waals surface area contributed by atoms with E-state index >= 15 is 0 Å². The largest absolute Gasteiger partial charge is 0.494 e. The SMILES string of the molecule is CCCCCOc1ccc(NC(=O)c2ccc(F)c3ccccc23)cc1. The maximum atomic E-state index is 13.9. The molecular weight excluding hydrogens is 329 g/mol. The quantitative estimate of drug-likeness (QED) is 0.546. The van der Waals surface area contributed by atoms with E-state index in [1.807, 2.05) is 12.1 Å². The van der Waals surface area contributed by atoms with E-state index in [1.54, 1.807) is 36.4 Å². The molecule has 1 amide bonds. The smallest absolute Gasteiger partial charge is 0.256 e. The summed E-state index contributed by atoms with van der Waals surface area (Å²) < 4.78 is 19.6. The van der Waals surface area contributed by atoms with Gasteiger partial charge in [0.25, 0.3) is 5.91 Å². The van der Waals surface area contributed by atoms with E-state index < -0.39 is 0 Å². The Hall–Kier alpha value is -2.88. The Labute approximate surface area is 152 Å².